The molecule has 0 fully saturated rings. The zero-order chi connectivity index (χ0) is 16.9. The van der Waals surface area contributed by atoms with Gasteiger partial charge < -0.3 is 14.9 Å². The zero-order valence-electron chi connectivity index (χ0n) is 13.0. The number of aliphatic hydroxyl groups excluding tert-OH is 2. The SMILES string of the molecule is CSc1ncnc2c1cnn2Cc1cnnn1COC[C@H](O)CO. The van der Waals surface area contributed by atoms with Crippen molar-refractivity contribution in [3.05, 3.63) is 24.4 Å². The zero-order valence-corrected chi connectivity index (χ0v) is 13.8. The molecule has 0 bridgehead atoms. The number of nitrogens with zero attached hydrogens (tertiary/aromatic N) is 7. The van der Waals surface area contributed by atoms with Gasteiger partial charge >= 0.3 is 0 Å². The lowest BCUT2D eigenvalue weighted by molar-refractivity contribution is -0.0217. The predicted octanol–water partition coefficient (Wildman–Crippen LogP) is -0.485. The molecule has 3 rings (SSSR count). The maximum Gasteiger partial charge on any atom is 0.162 e. The topological polar surface area (TPSA) is 124 Å². The summed E-state index contributed by atoms with van der Waals surface area (Å²) in [6.45, 7) is 0.218. The second kappa shape index (κ2) is 7.66. The van der Waals surface area contributed by atoms with Crippen LogP contribution in [0.15, 0.2) is 23.7 Å². The molecule has 0 aromatic carbocycles. The third kappa shape index (κ3) is 3.53. The largest absolute Gasteiger partial charge is 0.394 e. The highest BCUT2D eigenvalue weighted by molar-refractivity contribution is 7.98. The summed E-state index contributed by atoms with van der Waals surface area (Å²) in [4.78, 5) is 8.51. The van der Waals surface area contributed by atoms with Crippen LogP contribution in [0.3, 0.4) is 0 Å². The van der Waals surface area contributed by atoms with E-state index in [1.807, 2.05) is 6.26 Å². The fourth-order valence-electron chi connectivity index (χ4n) is 2.14. The molecular weight excluding hydrogens is 334 g/mol. The number of ether oxygens (including phenoxy) is 1. The smallest absolute Gasteiger partial charge is 0.162 e. The summed E-state index contributed by atoms with van der Waals surface area (Å²) in [5.74, 6) is 0. The van der Waals surface area contributed by atoms with Crippen LogP contribution in [0.5, 0.6) is 0 Å². The third-order valence-electron chi connectivity index (χ3n) is 3.33. The highest BCUT2D eigenvalue weighted by Gasteiger charge is 2.12. The molecule has 1 atom stereocenters. The van der Waals surface area contributed by atoms with E-state index >= 15 is 0 Å². The van der Waals surface area contributed by atoms with Gasteiger partial charge in [0, 0.05) is 0 Å². The summed E-state index contributed by atoms with van der Waals surface area (Å²) in [6, 6.07) is 0. The Morgan fingerprint density at radius 3 is 2.96 bits per heavy atom. The number of aliphatic hydroxyl groups is 2. The number of hydrogen-bond acceptors (Lipinski definition) is 9. The minimum Gasteiger partial charge on any atom is -0.394 e. The lowest BCUT2D eigenvalue weighted by Crippen LogP contribution is -2.21. The molecule has 0 saturated carbocycles. The van der Waals surface area contributed by atoms with E-state index in [-0.39, 0.29) is 19.9 Å². The van der Waals surface area contributed by atoms with Gasteiger partial charge in [-0.25, -0.2) is 19.3 Å². The van der Waals surface area contributed by atoms with Gasteiger partial charge in [0.05, 0.1) is 43.2 Å². The Balaban J connectivity index is 1.74. The fraction of sp³-hybridized carbons (Fsp3) is 0.462. The molecule has 128 valence electrons. The van der Waals surface area contributed by atoms with Gasteiger partial charge in [0.25, 0.3) is 0 Å². The normalized spacial score (nSPS) is 12.8. The Labute approximate surface area is 141 Å². The number of fused-ring (bicyclic) bond motifs is 1. The van der Waals surface area contributed by atoms with Crippen LogP contribution in [0.2, 0.25) is 0 Å². The Bertz CT molecular complexity index is 806. The third-order valence-corrected chi connectivity index (χ3v) is 4.05. The molecular formula is C13H17N7O3S. The Morgan fingerprint density at radius 2 is 2.17 bits per heavy atom. The summed E-state index contributed by atoms with van der Waals surface area (Å²) in [6.07, 6.45) is 5.92. The first-order valence-electron chi connectivity index (χ1n) is 7.17. The highest BCUT2D eigenvalue weighted by atomic mass is 32.2. The second-order valence-electron chi connectivity index (χ2n) is 4.98. The summed E-state index contributed by atoms with van der Waals surface area (Å²) >= 11 is 1.54. The van der Waals surface area contributed by atoms with Crippen LogP contribution in [0, 0.1) is 0 Å². The van der Waals surface area contributed by atoms with E-state index in [0.717, 1.165) is 21.8 Å². The lowest BCUT2D eigenvalue weighted by Gasteiger charge is -2.10. The molecule has 3 heterocycles. The number of rotatable bonds is 8. The van der Waals surface area contributed by atoms with Crippen LogP contribution in [-0.2, 0) is 18.0 Å². The molecule has 0 aliphatic carbocycles. The Hall–Kier alpha value is -2.08. The van der Waals surface area contributed by atoms with Gasteiger partial charge in [-0.1, -0.05) is 5.21 Å². The predicted molar refractivity (Wildman–Crippen MR) is 85.3 cm³/mol. The van der Waals surface area contributed by atoms with Crippen molar-refractivity contribution in [2.75, 3.05) is 19.5 Å². The molecule has 3 aromatic rings. The van der Waals surface area contributed by atoms with Crippen molar-refractivity contribution in [1.29, 1.82) is 0 Å². The molecule has 10 nitrogen and oxygen atoms in total. The average molecular weight is 351 g/mol. The molecule has 0 amide bonds. The summed E-state index contributed by atoms with van der Waals surface area (Å²) in [5.41, 5.74) is 1.52. The Morgan fingerprint density at radius 1 is 1.29 bits per heavy atom. The van der Waals surface area contributed by atoms with Gasteiger partial charge in [-0.3, -0.25) is 0 Å². The van der Waals surface area contributed by atoms with Gasteiger partial charge in [-0.2, -0.15) is 5.10 Å². The van der Waals surface area contributed by atoms with E-state index in [1.165, 1.54) is 6.33 Å². The first-order chi connectivity index (χ1) is 11.7. The molecule has 0 radical (unpaired) electrons. The summed E-state index contributed by atoms with van der Waals surface area (Å²) in [5, 5.41) is 32.0. The van der Waals surface area contributed by atoms with Crippen LogP contribution >= 0.6 is 11.8 Å². The van der Waals surface area contributed by atoms with Crippen molar-refractivity contribution < 1.29 is 14.9 Å². The number of aromatic nitrogens is 7. The minimum atomic E-state index is -0.909. The second-order valence-corrected chi connectivity index (χ2v) is 5.78. The molecule has 3 aromatic heterocycles. The maximum atomic E-state index is 9.28. The van der Waals surface area contributed by atoms with Crippen molar-refractivity contribution in [1.82, 2.24) is 34.7 Å². The standard InChI is InChI=1S/C13H17N7O3S/c1-24-13-11-3-17-19(12(11)14-7-15-13)4-9-2-16-18-20(9)8-23-6-10(22)5-21/h2-3,7,10,21-22H,4-6,8H2,1H3/t10-/m1/s1. The van der Waals surface area contributed by atoms with Gasteiger partial charge in [-0.05, 0) is 6.26 Å². The highest BCUT2D eigenvalue weighted by Crippen LogP contribution is 2.22. The van der Waals surface area contributed by atoms with Crippen LogP contribution in [0.1, 0.15) is 5.69 Å². The van der Waals surface area contributed by atoms with Gasteiger partial charge in [0.15, 0.2) is 5.65 Å². The first kappa shape index (κ1) is 16.8. The monoisotopic (exact) mass is 351 g/mol. The van der Waals surface area contributed by atoms with Gasteiger partial charge in [-0.15, -0.1) is 16.9 Å². The molecule has 0 saturated heterocycles. The average Bonchev–Trinajstić information content (AvgIpc) is 3.22. The minimum absolute atomic E-state index is 0.0187. The van der Waals surface area contributed by atoms with Crippen molar-refractivity contribution in [2.24, 2.45) is 0 Å². The first-order valence-corrected chi connectivity index (χ1v) is 8.40. The van der Waals surface area contributed by atoms with Gasteiger partial charge in [0.1, 0.15) is 24.2 Å². The van der Waals surface area contributed by atoms with Crippen molar-refractivity contribution in [3.63, 3.8) is 0 Å². The van der Waals surface area contributed by atoms with E-state index in [4.69, 9.17) is 9.84 Å². The van der Waals surface area contributed by atoms with E-state index in [0.29, 0.717) is 6.54 Å². The molecule has 11 heteroatoms. The summed E-state index contributed by atoms with van der Waals surface area (Å²) in [7, 11) is 0. The molecule has 0 unspecified atom stereocenters. The van der Waals surface area contributed by atoms with E-state index in [9.17, 15) is 5.11 Å². The molecule has 0 aliphatic heterocycles. The van der Waals surface area contributed by atoms with Crippen LogP contribution in [-0.4, -0.2) is 70.5 Å². The van der Waals surface area contributed by atoms with E-state index < -0.39 is 6.10 Å². The van der Waals surface area contributed by atoms with Crippen LogP contribution in [0.25, 0.3) is 11.0 Å². The fourth-order valence-corrected chi connectivity index (χ4v) is 2.66. The number of thioether (sulfide) groups is 1. The molecule has 0 aliphatic rings. The lowest BCUT2D eigenvalue weighted by atomic mass is 10.4. The van der Waals surface area contributed by atoms with Gasteiger partial charge in [0.2, 0.25) is 0 Å². The van der Waals surface area contributed by atoms with Crippen LogP contribution < -0.4 is 0 Å². The Kier molecular flexibility index (Phi) is 5.35. The van der Waals surface area contributed by atoms with Crippen molar-refractivity contribution >= 4 is 22.8 Å². The van der Waals surface area contributed by atoms with E-state index in [2.05, 4.69) is 25.4 Å². The maximum absolute atomic E-state index is 9.28. The molecule has 2 N–H and O–H groups in total. The van der Waals surface area contributed by atoms with Crippen LogP contribution in [0.4, 0.5) is 0 Å². The quantitative estimate of drug-likeness (QED) is 0.409. The molecule has 24 heavy (non-hydrogen) atoms. The molecule has 0 spiro atoms. The summed E-state index contributed by atoms with van der Waals surface area (Å²) < 4.78 is 8.61. The van der Waals surface area contributed by atoms with Crippen molar-refractivity contribution in [3.8, 4) is 0 Å². The van der Waals surface area contributed by atoms with Crippen molar-refractivity contribution in [2.45, 2.75) is 24.4 Å². The number of hydrogen-bond donors (Lipinski definition) is 2. The van der Waals surface area contributed by atoms with E-state index in [1.54, 1.807) is 33.5 Å².